The van der Waals surface area contributed by atoms with Crippen molar-refractivity contribution in [2.75, 3.05) is 5.32 Å². The van der Waals surface area contributed by atoms with Gasteiger partial charge in [-0.3, -0.25) is 4.79 Å². The Morgan fingerprint density at radius 1 is 1.29 bits per heavy atom. The van der Waals surface area contributed by atoms with E-state index in [1.807, 2.05) is 13.8 Å². The number of benzene rings is 1. The summed E-state index contributed by atoms with van der Waals surface area (Å²) in [6.07, 6.45) is -3.64. The molecule has 0 heterocycles. The summed E-state index contributed by atoms with van der Waals surface area (Å²) in [4.78, 5) is 11.9. The Bertz CT molecular complexity index is 505. The largest absolute Gasteiger partial charge is 0.416 e. The average Bonchev–Trinajstić information content (AvgIpc) is 2.36. The molecule has 0 saturated heterocycles. The number of anilines is 1. The van der Waals surface area contributed by atoms with E-state index in [1.165, 1.54) is 6.07 Å². The van der Waals surface area contributed by atoms with Crippen LogP contribution in [0.25, 0.3) is 0 Å². The molecule has 3 nitrogen and oxygen atoms in total. The molecule has 0 aromatic heterocycles. The summed E-state index contributed by atoms with van der Waals surface area (Å²) in [5, 5.41) is 5.56. The van der Waals surface area contributed by atoms with E-state index in [9.17, 15) is 18.0 Å². The quantitative estimate of drug-likeness (QED) is 0.820. The van der Waals surface area contributed by atoms with E-state index >= 15 is 0 Å². The molecule has 7 heteroatoms. The number of nitrogens with one attached hydrogen (secondary N) is 2. The average molecular weight is 367 g/mol. The summed E-state index contributed by atoms with van der Waals surface area (Å²) in [5.74, 6) is -0.252. The van der Waals surface area contributed by atoms with Crippen LogP contribution in [0.3, 0.4) is 0 Å². The lowest BCUT2D eigenvalue weighted by atomic mass is 10.1. The number of rotatable bonds is 5. The molecular weight excluding hydrogens is 349 g/mol. The first-order valence-corrected chi connectivity index (χ1v) is 7.37. The van der Waals surface area contributed by atoms with Gasteiger partial charge >= 0.3 is 6.18 Å². The van der Waals surface area contributed by atoms with Crippen molar-refractivity contribution in [3.8, 4) is 0 Å². The Kier molecular flexibility index (Phi) is 6.07. The highest BCUT2D eigenvalue weighted by Crippen LogP contribution is 2.33. The predicted molar refractivity (Wildman–Crippen MR) is 80.1 cm³/mol. The standard InChI is InChI=1S/C14H18BrF3N2O/c1-4-8(2)19-13(21)9(3)20-12-6-10(14(16,17)18)5-11(15)7-12/h5-9,20H,4H2,1-3H3,(H,19,21). The van der Waals surface area contributed by atoms with E-state index in [4.69, 9.17) is 0 Å². The molecule has 2 atom stereocenters. The summed E-state index contributed by atoms with van der Waals surface area (Å²) in [5.41, 5.74) is -0.530. The van der Waals surface area contributed by atoms with Gasteiger partial charge in [-0.1, -0.05) is 22.9 Å². The van der Waals surface area contributed by atoms with Crippen molar-refractivity contribution in [3.63, 3.8) is 0 Å². The monoisotopic (exact) mass is 366 g/mol. The van der Waals surface area contributed by atoms with E-state index in [1.54, 1.807) is 6.92 Å². The first-order chi connectivity index (χ1) is 9.63. The van der Waals surface area contributed by atoms with Gasteiger partial charge in [0.15, 0.2) is 0 Å². The SMILES string of the molecule is CCC(C)NC(=O)C(C)Nc1cc(Br)cc(C(F)(F)F)c1. The minimum absolute atomic E-state index is 0.0231. The molecule has 0 radical (unpaired) electrons. The van der Waals surface area contributed by atoms with Crippen LogP contribution in [0.2, 0.25) is 0 Å². The fourth-order valence-corrected chi connectivity index (χ4v) is 2.12. The third-order valence-corrected chi connectivity index (χ3v) is 3.46. The van der Waals surface area contributed by atoms with Crippen LogP contribution in [0.4, 0.5) is 18.9 Å². The maximum Gasteiger partial charge on any atom is 0.416 e. The number of alkyl halides is 3. The third-order valence-electron chi connectivity index (χ3n) is 3.00. The summed E-state index contributed by atoms with van der Waals surface area (Å²) >= 11 is 3.04. The number of halogens is 4. The maximum atomic E-state index is 12.7. The van der Waals surface area contributed by atoms with Crippen LogP contribution in [0.5, 0.6) is 0 Å². The third kappa shape index (κ3) is 5.57. The smallest absolute Gasteiger partial charge is 0.374 e. The first kappa shape index (κ1) is 17.8. The van der Waals surface area contributed by atoms with Crippen LogP contribution >= 0.6 is 15.9 Å². The van der Waals surface area contributed by atoms with Crippen LogP contribution in [0, 0.1) is 0 Å². The summed E-state index contributed by atoms with van der Waals surface area (Å²) in [6, 6.07) is 2.87. The highest BCUT2D eigenvalue weighted by Gasteiger charge is 2.31. The van der Waals surface area contributed by atoms with E-state index in [2.05, 4.69) is 26.6 Å². The highest BCUT2D eigenvalue weighted by atomic mass is 79.9. The van der Waals surface area contributed by atoms with Gasteiger partial charge in [-0.15, -0.1) is 0 Å². The molecule has 118 valence electrons. The molecule has 2 N–H and O–H groups in total. The lowest BCUT2D eigenvalue weighted by Crippen LogP contribution is -2.41. The number of carbonyl (C=O) groups excluding carboxylic acids is 1. The van der Waals surface area contributed by atoms with Crippen LogP contribution < -0.4 is 10.6 Å². The molecule has 0 saturated carbocycles. The summed E-state index contributed by atoms with van der Waals surface area (Å²) in [7, 11) is 0. The Labute approximate surface area is 130 Å². The van der Waals surface area contributed by atoms with Crippen LogP contribution in [0.1, 0.15) is 32.8 Å². The summed E-state index contributed by atoms with van der Waals surface area (Å²) in [6.45, 7) is 5.41. The zero-order valence-electron chi connectivity index (χ0n) is 12.0. The molecule has 0 aliphatic rings. The number of hydrogen-bond donors (Lipinski definition) is 2. The first-order valence-electron chi connectivity index (χ1n) is 6.58. The minimum atomic E-state index is -4.43. The van der Waals surface area contributed by atoms with Gasteiger partial charge in [0.2, 0.25) is 5.91 Å². The minimum Gasteiger partial charge on any atom is -0.374 e. The normalized spacial score (nSPS) is 14.4. The second kappa shape index (κ2) is 7.15. The fraction of sp³-hybridized carbons (Fsp3) is 0.500. The van der Waals surface area contributed by atoms with E-state index in [0.717, 1.165) is 18.6 Å². The molecule has 0 aliphatic carbocycles. The van der Waals surface area contributed by atoms with Gasteiger partial charge in [-0.25, -0.2) is 0 Å². The molecular formula is C14H18BrF3N2O. The van der Waals surface area contributed by atoms with E-state index in [-0.39, 0.29) is 17.6 Å². The summed E-state index contributed by atoms with van der Waals surface area (Å²) < 4.78 is 38.5. The van der Waals surface area contributed by atoms with Crippen LogP contribution in [0.15, 0.2) is 22.7 Å². The molecule has 2 unspecified atom stereocenters. The van der Waals surface area contributed by atoms with Crippen molar-refractivity contribution < 1.29 is 18.0 Å². The molecule has 0 bridgehead atoms. The molecule has 1 amide bonds. The topological polar surface area (TPSA) is 41.1 Å². The Hall–Kier alpha value is -1.24. The van der Waals surface area contributed by atoms with Gasteiger partial charge in [0.1, 0.15) is 6.04 Å². The lowest BCUT2D eigenvalue weighted by Gasteiger charge is -2.19. The molecule has 0 fully saturated rings. The van der Waals surface area contributed by atoms with Crippen LogP contribution in [-0.2, 0) is 11.0 Å². The van der Waals surface area contributed by atoms with Gasteiger partial charge in [-0.2, -0.15) is 13.2 Å². The molecule has 21 heavy (non-hydrogen) atoms. The second-order valence-corrected chi connectivity index (χ2v) is 5.83. The molecule has 0 spiro atoms. The Morgan fingerprint density at radius 2 is 1.90 bits per heavy atom. The van der Waals surface area contributed by atoms with Gasteiger partial charge < -0.3 is 10.6 Å². The Morgan fingerprint density at radius 3 is 2.43 bits per heavy atom. The van der Waals surface area contributed by atoms with Crippen molar-refractivity contribution in [1.29, 1.82) is 0 Å². The molecule has 1 aromatic carbocycles. The molecule has 1 rings (SSSR count). The molecule has 0 aliphatic heterocycles. The number of amides is 1. The van der Waals surface area contributed by atoms with Crippen molar-refractivity contribution in [2.24, 2.45) is 0 Å². The predicted octanol–water partition coefficient (Wildman–Crippen LogP) is 4.18. The molecule has 1 aromatic rings. The van der Waals surface area contributed by atoms with Crippen molar-refractivity contribution in [3.05, 3.63) is 28.2 Å². The number of carbonyl (C=O) groups is 1. The van der Waals surface area contributed by atoms with E-state index in [0.29, 0.717) is 4.47 Å². The second-order valence-electron chi connectivity index (χ2n) is 4.91. The highest BCUT2D eigenvalue weighted by molar-refractivity contribution is 9.10. The zero-order chi connectivity index (χ0) is 16.2. The Balaban J connectivity index is 2.83. The van der Waals surface area contributed by atoms with Crippen LogP contribution in [-0.4, -0.2) is 18.0 Å². The van der Waals surface area contributed by atoms with Gasteiger partial charge in [0.05, 0.1) is 5.56 Å². The number of hydrogen-bond acceptors (Lipinski definition) is 2. The van der Waals surface area contributed by atoms with Crippen molar-refractivity contribution >= 4 is 27.5 Å². The lowest BCUT2D eigenvalue weighted by molar-refractivity contribution is -0.137. The van der Waals surface area contributed by atoms with Gasteiger partial charge in [0.25, 0.3) is 0 Å². The fourth-order valence-electron chi connectivity index (χ4n) is 1.62. The van der Waals surface area contributed by atoms with E-state index < -0.39 is 17.8 Å². The van der Waals surface area contributed by atoms with Gasteiger partial charge in [-0.05, 0) is 38.5 Å². The van der Waals surface area contributed by atoms with Gasteiger partial charge in [0, 0.05) is 16.2 Å². The maximum absolute atomic E-state index is 12.7. The van der Waals surface area contributed by atoms with Crippen molar-refractivity contribution in [2.45, 2.75) is 45.5 Å². The van der Waals surface area contributed by atoms with Crippen molar-refractivity contribution in [1.82, 2.24) is 5.32 Å². The zero-order valence-corrected chi connectivity index (χ0v) is 13.6.